The lowest BCUT2D eigenvalue weighted by atomic mass is 10.1. The fourth-order valence-corrected chi connectivity index (χ4v) is 3.64. The van der Waals surface area contributed by atoms with E-state index in [0.717, 1.165) is 60.2 Å². The molecular weight excluding hydrogens is 364 g/mol. The highest BCUT2D eigenvalue weighted by atomic mass is 16.3. The van der Waals surface area contributed by atoms with Crippen molar-refractivity contribution in [2.45, 2.75) is 0 Å². The normalized spacial score (nSPS) is 15.1. The minimum absolute atomic E-state index is 0.247. The first kappa shape index (κ1) is 17.6. The quantitative estimate of drug-likeness (QED) is 0.584. The first-order valence-corrected chi connectivity index (χ1v) is 9.70. The van der Waals surface area contributed by atoms with Gasteiger partial charge in [0.05, 0.1) is 23.8 Å². The number of aromatic hydroxyl groups is 1. The van der Waals surface area contributed by atoms with E-state index >= 15 is 0 Å². The smallest absolute Gasteiger partial charge is 0.155 e. The molecule has 1 N–H and O–H groups in total. The van der Waals surface area contributed by atoms with Crippen LogP contribution in [0, 0.1) is 0 Å². The Morgan fingerprint density at radius 2 is 1.55 bits per heavy atom. The molecule has 0 spiro atoms. The third-order valence-corrected chi connectivity index (χ3v) is 5.43. The molecule has 0 unspecified atom stereocenters. The molecule has 1 fully saturated rings. The van der Waals surface area contributed by atoms with Crippen molar-refractivity contribution < 1.29 is 5.11 Å². The van der Waals surface area contributed by atoms with Crippen LogP contribution in [0.15, 0.2) is 61.2 Å². The van der Waals surface area contributed by atoms with Crippen molar-refractivity contribution in [3.8, 4) is 28.3 Å². The summed E-state index contributed by atoms with van der Waals surface area (Å²) >= 11 is 0. The third-order valence-electron chi connectivity index (χ3n) is 5.43. The molecule has 7 nitrogen and oxygen atoms in total. The number of hydrogen-bond donors (Lipinski definition) is 1. The summed E-state index contributed by atoms with van der Waals surface area (Å²) < 4.78 is 2.02. The number of benzene rings is 1. The average Bonchev–Trinajstić information content (AvgIpc) is 3.18. The molecule has 3 aromatic heterocycles. The van der Waals surface area contributed by atoms with Gasteiger partial charge in [-0.15, -0.1) is 0 Å². The van der Waals surface area contributed by atoms with E-state index in [1.807, 2.05) is 35.1 Å². The van der Waals surface area contributed by atoms with Crippen LogP contribution in [0.5, 0.6) is 5.75 Å². The number of pyridine rings is 1. The van der Waals surface area contributed by atoms with Crippen molar-refractivity contribution in [1.29, 1.82) is 0 Å². The van der Waals surface area contributed by atoms with E-state index in [2.05, 4.69) is 43.9 Å². The summed E-state index contributed by atoms with van der Waals surface area (Å²) in [7, 11) is 2.15. The Labute approximate surface area is 168 Å². The second kappa shape index (κ2) is 7.18. The number of aromatic nitrogens is 4. The molecule has 1 aliphatic heterocycles. The van der Waals surface area contributed by atoms with Crippen LogP contribution in [0.2, 0.25) is 0 Å². The van der Waals surface area contributed by atoms with Crippen LogP contribution in [0.1, 0.15) is 0 Å². The molecule has 0 amide bonds. The Morgan fingerprint density at radius 3 is 2.28 bits per heavy atom. The average molecular weight is 386 g/mol. The number of phenolic OH excluding ortho intramolecular Hbond substituents is 1. The summed E-state index contributed by atoms with van der Waals surface area (Å²) in [5.41, 5.74) is 4.52. The lowest BCUT2D eigenvalue weighted by molar-refractivity contribution is 0.312. The van der Waals surface area contributed by atoms with Gasteiger partial charge < -0.3 is 14.9 Å². The van der Waals surface area contributed by atoms with Crippen LogP contribution < -0.4 is 4.90 Å². The minimum atomic E-state index is 0.247. The van der Waals surface area contributed by atoms with E-state index in [0.29, 0.717) is 0 Å². The zero-order chi connectivity index (χ0) is 19.8. The van der Waals surface area contributed by atoms with Crippen LogP contribution in [-0.2, 0) is 0 Å². The first-order chi connectivity index (χ1) is 14.2. The number of anilines is 1. The minimum Gasteiger partial charge on any atom is -0.508 e. The van der Waals surface area contributed by atoms with Gasteiger partial charge in [-0.1, -0.05) is 0 Å². The van der Waals surface area contributed by atoms with Gasteiger partial charge in [-0.25, -0.2) is 9.97 Å². The van der Waals surface area contributed by atoms with Crippen molar-refractivity contribution in [3.05, 3.63) is 61.2 Å². The van der Waals surface area contributed by atoms with Gasteiger partial charge in [-0.2, -0.15) is 0 Å². The number of nitrogens with zero attached hydrogens (tertiary/aromatic N) is 6. The standard InChI is InChI=1S/C22H22N6O/c1-26-8-10-27(11-9-26)21-7-4-17(12-24-21)19-15-28-20(13-25-22(28)14-23-19)16-2-5-18(29)6-3-16/h2-7,12-15,29H,8-11H2,1H3. The number of fused-ring (bicyclic) bond motifs is 1. The molecular formula is C22H22N6O. The number of piperazine rings is 1. The van der Waals surface area contributed by atoms with Crippen molar-refractivity contribution in [3.63, 3.8) is 0 Å². The largest absolute Gasteiger partial charge is 0.508 e. The maximum atomic E-state index is 9.54. The Morgan fingerprint density at radius 1 is 0.793 bits per heavy atom. The SMILES string of the molecule is CN1CCN(c2ccc(-c3cn4c(-c5ccc(O)cc5)cnc4cn3)cn2)CC1. The van der Waals surface area contributed by atoms with Crippen LogP contribution in [0.25, 0.3) is 28.2 Å². The molecule has 0 atom stereocenters. The Kier molecular flexibility index (Phi) is 4.37. The summed E-state index contributed by atoms with van der Waals surface area (Å²) in [5, 5.41) is 9.54. The van der Waals surface area contributed by atoms with E-state index in [1.165, 1.54) is 0 Å². The zero-order valence-corrected chi connectivity index (χ0v) is 16.2. The van der Waals surface area contributed by atoms with Crippen molar-refractivity contribution in [2.24, 2.45) is 0 Å². The van der Waals surface area contributed by atoms with Gasteiger partial charge in [0, 0.05) is 49.7 Å². The Bertz CT molecular complexity index is 1130. The van der Waals surface area contributed by atoms with Crippen molar-refractivity contribution in [2.75, 3.05) is 38.1 Å². The summed E-state index contributed by atoms with van der Waals surface area (Å²) in [6.45, 7) is 4.11. The number of hydrogen-bond acceptors (Lipinski definition) is 6. The van der Waals surface area contributed by atoms with Gasteiger partial charge in [0.2, 0.25) is 0 Å². The lowest BCUT2D eigenvalue weighted by Crippen LogP contribution is -2.44. The summed E-state index contributed by atoms with van der Waals surface area (Å²) in [6, 6.07) is 11.3. The zero-order valence-electron chi connectivity index (χ0n) is 16.2. The highest BCUT2D eigenvalue weighted by Crippen LogP contribution is 2.25. The molecule has 1 aliphatic rings. The summed E-state index contributed by atoms with van der Waals surface area (Å²) in [4.78, 5) is 18.3. The van der Waals surface area contributed by atoms with Crippen molar-refractivity contribution in [1.82, 2.24) is 24.3 Å². The second-order valence-electron chi connectivity index (χ2n) is 7.39. The Balaban J connectivity index is 1.46. The molecule has 4 aromatic rings. The van der Waals surface area contributed by atoms with Gasteiger partial charge >= 0.3 is 0 Å². The molecule has 0 bridgehead atoms. The van der Waals surface area contributed by atoms with Crippen molar-refractivity contribution >= 4 is 11.5 Å². The number of phenols is 1. The monoisotopic (exact) mass is 386 g/mol. The van der Waals surface area contributed by atoms with E-state index in [9.17, 15) is 5.11 Å². The topological polar surface area (TPSA) is 69.8 Å². The van der Waals surface area contributed by atoms with Crippen LogP contribution in [0.4, 0.5) is 5.82 Å². The molecule has 4 heterocycles. The van der Waals surface area contributed by atoms with Gasteiger partial charge in [0.15, 0.2) is 5.65 Å². The van der Waals surface area contributed by atoms with Gasteiger partial charge in [-0.05, 0) is 43.4 Å². The Hall–Kier alpha value is -3.45. The number of likely N-dealkylation sites (N-methyl/N-ethyl adjacent to an activating group) is 1. The second-order valence-corrected chi connectivity index (χ2v) is 7.39. The van der Waals surface area contributed by atoms with Gasteiger partial charge in [0.1, 0.15) is 11.6 Å². The molecule has 1 saturated heterocycles. The van der Waals surface area contributed by atoms with E-state index in [1.54, 1.807) is 18.3 Å². The predicted molar refractivity (Wildman–Crippen MR) is 113 cm³/mol. The lowest BCUT2D eigenvalue weighted by Gasteiger charge is -2.33. The fourth-order valence-electron chi connectivity index (χ4n) is 3.64. The molecule has 1 aromatic carbocycles. The third kappa shape index (κ3) is 3.40. The maximum absolute atomic E-state index is 9.54. The van der Waals surface area contributed by atoms with E-state index in [4.69, 9.17) is 0 Å². The summed E-state index contributed by atoms with van der Waals surface area (Å²) in [5.74, 6) is 1.26. The van der Waals surface area contributed by atoms with Crippen LogP contribution >= 0.6 is 0 Å². The molecule has 0 radical (unpaired) electrons. The fraction of sp³-hybridized carbons (Fsp3) is 0.227. The number of imidazole rings is 1. The van der Waals surface area contributed by atoms with Gasteiger partial charge in [0.25, 0.3) is 0 Å². The first-order valence-electron chi connectivity index (χ1n) is 9.70. The highest BCUT2D eigenvalue weighted by molar-refractivity contribution is 5.67. The highest BCUT2D eigenvalue weighted by Gasteiger charge is 2.15. The molecule has 29 heavy (non-hydrogen) atoms. The number of rotatable bonds is 3. The molecule has 0 aliphatic carbocycles. The van der Waals surface area contributed by atoms with E-state index < -0.39 is 0 Å². The van der Waals surface area contributed by atoms with E-state index in [-0.39, 0.29) is 5.75 Å². The van der Waals surface area contributed by atoms with Crippen LogP contribution in [0.3, 0.4) is 0 Å². The molecule has 5 rings (SSSR count). The van der Waals surface area contributed by atoms with Crippen LogP contribution in [-0.4, -0.2) is 62.6 Å². The predicted octanol–water partition coefficient (Wildman–Crippen LogP) is 2.92. The molecule has 0 saturated carbocycles. The molecule has 7 heteroatoms. The van der Waals surface area contributed by atoms with Gasteiger partial charge in [-0.3, -0.25) is 9.38 Å². The summed E-state index contributed by atoms with van der Waals surface area (Å²) in [6.07, 6.45) is 7.46. The molecule has 146 valence electrons. The maximum Gasteiger partial charge on any atom is 0.155 e.